The molecule has 1 aromatic heterocycles. The van der Waals surface area contributed by atoms with Gasteiger partial charge in [0.05, 0.1) is 0 Å². The zero-order chi connectivity index (χ0) is 13.0. The second-order valence-corrected chi connectivity index (χ2v) is 4.55. The third-order valence-corrected chi connectivity index (χ3v) is 3.03. The number of nitrogens with two attached hydrogens (primary N) is 1. The Morgan fingerprint density at radius 1 is 1.61 bits per heavy atom. The van der Waals surface area contributed by atoms with E-state index in [9.17, 15) is 4.79 Å². The summed E-state index contributed by atoms with van der Waals surface area (Å²) in [5.74, 6) is 0.0570. The number of hydrogen-bond acceptors (Lipinski definition) is 6. The van der Waals surface area contributed by atoms with Crippen molar-refractivity contribution in [2.45, 2.75) is 32.4 Å². The fraction of sp³-hybridized carbons (Fsp3) is 0.800. The monoisotopic (exact) mass is 253 g/mol. The van der Waals surface area contributed by atoms with Crippen molar-refractivity contribution in [1.82, 2.24) is 30.4 Å². The molecular weight excluding hydrogens is 234 g/mol. The molecule has 0 aliphatic carbocycles. The molecular formula is C10H19N7O. The predicted molar refractivity (Wildman–Crippen MR) is 65.5 cm³/mol. The number of tetrazole rings is 1. The molecule has 1 aromatic rings. The molecule has 1 amide bonds. The highest BCUT2D eigenvalue weighted by Gasteiger charge is 2.23. The minimum Gasteiger partial charge on any atom is -0.367 e. The molecule has 0 unspecified atom stereocenters. The summed E-state index contributed by atoms with van der Waals surface area (Å²) in [6.07, 6.45) is 2.14. The summed E-state index contributed by atoms with van der Waals surface area (Å²) in [5.41, 5.74) is 5.50. The fourth-order valence-electron chi connectivity index (χ4n) is 2.20. The molecule has 18 heavy (non-hydrogen) atoms. The molecule has 0 spiro atoms. The molecule has 0 radical (unpaired) electrons. The zero-order valence-electron chi connectivity index (χ0n) is 10.5. The summed E-state index contributed by atoms with van der Waals surface area (Å²) in [6, 6.07) is 0.224. The molecule has 1 saturated heterocycles. The van der Waals surface area contributed by atoms with Crippen LogP contribution in [0.1, 0.15) is 19.8 Å². The first-order chi connectivity index (χ1) is 8.69. The van der Waals surface area contributed by atoms with Gasteiger partial charge in [-0.2, -0.15) is 0 Å². The quantitative estimate of drug-likeness (QED) is 0.687. The Morgan fingerprint density at radius 2 is 2.44 bits per heavy atom. The summed E-state index contributed by atoms with van der Waals surface area (Å²) < 4.78 is 1.29. The molecule has 100 valence electrons. The Balaban J connectivity index is 1.77. The van der Waals surface area contributed by atoms with Crippen LogP contribution in [0.4, 0.5) is 5.95 Å². The third kappa shape index (κ3) is 3.16. The van der Waals surface area contributed by atoms with Gasteiger partial charge in [0.25, 0.3) is 0 Å². The topological polar surface area (TPSA) is 102 Å². The van der Waals surface area contributed by atoms with Gasteiger partial charge in [-0.3, -0.25) is 4.79 Å². The number of aromatic nitrogens is 4. The van der Waals surface area contributed by atoms with Crippen LogP contribution in [-0.2, 0) is 11.3 Å². The second-order valence-electron chi connectivity index (χ2n) is 4.55. The summed E-state index contributed by atoms with van der Waals surface area (Å²) in [4.78, 5) is 14.1. The number of anilines is 1. The predicted octanol–water partition coefficient (Wildman–Crippen LogP) is -1.14. The number of nitrogens with zero attached hydrogens (tertiary/aromatic N) is 5. The maximum Gasteiger partial charge on any atom is 0.242 e. The lowest BCUT2D eigenvalue weighted by atomic mass is 10.2. The fourth-order valence-corrected chi connectivity index (χ4v) is 2.20. The van der Waals surface area contributed by atoms with Crippen LogP contribution in [0.5, 0.6) is 0 Å². The van der Waals surface area contributed by atoms with Crippen LogP contribution in [-0.4, -0.2) is 56.7 Å². The van der Waals surface area contributed by atoms with Gasteiger partial charge in [0.15, 0.2) is 0 Å². The highest BCUT2D eigenvalue weighted by atomic mass is 16.2. The van der Waals surface area contributed by atoms with Crippen LogP contribution in [0.2, 0.25) is 0 Å². The lowest BCUT2D eigenvalue weighted by Crippen LogP contribution is -2.39. The van der Waals surface area contributed by atoms with Gasteiger partial charge >= 0.3 is 0 Å². The lowest BCUT2D eigenvalue weighted by molar-refractivity contribution is -0.122. The van der Waals surface area contributed by atoms with Crippen molar-refractivity contribution in [2.75, 3.05) is 25.4 Å². The van der Waals surface area contributed by atoms with Gasteiger partial charge in [0.1, 0.15) is 6.54 Å². The van der Waals surface area contributed by atoms with E-state index >= 15 is 0 Å². The molecule has 8 heteroatoms. The van der Waals surface area contributed by atoms with E-state index in [1.54, 1.807) is 0 Å². The van der Waals surface area contributed by atoms with Gasteiger partial charge in [0, 0.05) is 19.1 Å². The Morgan fingerprint density at radius 3 is 3.11 bits per heavy atom. The van der Waals surface area contributed by atoms with Crippen molar-refractivity contribution in [3.63, 3.8) is 0 Å². The SMILES string of the molecule is CCCN1CC[C@H](NC(=O)Cn2nnnc2N)C1. The molecule has 0 aromatic carbocycles. The Labute approximate surface area is 106 Å². The summed E-state index contributed by atoms with van der Waals surface area (Å²) in [5, 5.41) is 13.5. The number of hydrogen-bond donors (Lipinski definition) is 2. The van der Waals surface area contributed by atoms with Gasteiger partial charge in [-0.15, -0.1) is 0 Å². The van der Waals surface area contributed by atoms with Crippen LogP contribution in [0.15, 0.2) is 0 Å². The number of amides is 1. The van der Waals surface area contributed by atoms with E-state index in [-0.39, 0.29) is 24.4 Å². The van der Waals surface area contributed by atoms with Crippen molar-refractivity contribution in [2.24, 2.45) is 0 Å². The number of nitrogens with one attached hydrogen (secondary N) is 1. The van der Waals surface area contributed by atoms with Gasteiger partial charge < -0.3 is 16.0 Å². The first-order valence-electron chi connectivity index (χ1n) is 6.22. The van der Waals surface area contributed by atoms with E-state index in [1.807, 2.05) is 0 Å². The van der Waals surface area contributed by atoms with Crippen molar-refractivity contribution >= 4 is 11.9 Å². The molecule has 1 aliphatic rings. The van der Waals surface area contributed by atoms with Crippen LogP contribution >= 0.6 is 0 Å². The number of nitrogen functional groups attached to an aromatic ring is 1. The summed E-state index contributed by atoms with van der Waals surface area (Å²) >= 11 is 0. The zero-order valence-corrected chi connectivity index (χ0v) is 10.5. The van der Waals surface area contributed by atoms with Crippen molar-refractivity contribution in [3.05, 3.63) is 0 Å². The van der Waals surface area contributed by atoms with E-state index in [0.717, 1.165) is 32.5 Å². The van der Waals surface area contributed by atoms with E-state index in [4.69, 9.17) is 5.73 Å². The molecule has 0 saturated carbocycles. The van der Waals surface area contributed by atoms with Crippen LogP contribution in [0, 0.1) is 0 Å². The minimum absolute atomic E-state index is 0.0725. The Hall–Kier alpha value is -1.70. The standard InChI is InChI=1S/C10H19N7O/c1-2-4-16-5-3-8(6-16)12-9(18)7-17-10(11)13-14-15-17/h8H,2-7H2,1H3,(H,12,18)(H2,11,13,15)/t8-/m0/s1. The van der Waals surface area contributed by atoms with Gasteiger partial charge in [-0.25, -0.2) is 4.68 Å². The average Bonchev–Trinajstić information content (AvgIpc) is 2.90. The molecule has 1 atom stereocenters. The van der Waals surface area contributed by atoms with Gasteiger partial charge in [-0.1, -0.05) is 12.0 Å². The first kappa shape index (κ1) is 12.7. The molecule has 2 rings (SSSR count). The summed E-state index contributed by atoms with van der Waals surface area (Å²) in [6.45, 7) is 5.29. The van der Waals surface area contributed by atoms with Crippen molar-refractivity contribution in [1.29, 1.82) is 0 Å². The largest absolute Gasteiger partial charge is 0.367 e. The second kappa shape index (κ2) is 5.76. The molecule has 3 N–H and O–H groups in total. The third-order valence-electron chi connectivity index (χ3n) is 3.03. The number of likely N-dealkylation sites (tertiary alicyclic amines) is 1. The smallest absolute Gasteiger partial charge is 0.242 e. The maximum absolute atomic E-state index is 11.8. The molecule has 2 heterocycles. The molecule has 1 aliphatic heterocycles. The first-order valence-corrected chi connectivity index (χ1v) is 6.22. The minimum atomic E-state index is -0.0997. The van der Waals surface area contributed by atoms with E-state index in [1.165, 1.54) is 4.68 Å². The van der Waals surface area contributed by atoms with Gasteiger partial charge in [-0.05, 0) is 29.8 Å². The van der Waals surface area contributed by atoms with E-state index < -0.39 is 0 Å². The highest BCUT2D eigenvalue weighted by Crippen LogP contribution is 2.09. The highest BCUT2D eigenvalue weighted by molar-refractivity contribution is 5.76. The Bertz CT molecular complexity index is 405. The van der Waals surface area contributed by atoms with Crippen LogP contribution in [0.25, 0.3) is 0 Å². The Kier molecular flexibility index (Phi) is 4.08. The van der Waals surface area contributed by atoms with Crippen LogP contribution in [0.3, 0.4) is 0 Å². The van der Waals surface area contributed by atoms with E-state index in [0.29, 0.717) is 0 Å². The average molecular weight is 253 g/mol. The molecule has 8 nitrogen and oxygen atoms in total. The molecule has 1 fully saturated rings. The lowest BCUT2D eigenvalue weighted by Gasteiger charge is -2.15. The number of rotatable bonds is 5. The van der Waals surface area contributed by atoms with Gasteiger partial charge in [0.2, 0.25) is 11.9 Å². The van der Waals surface area contributed by atoms with E-state index in [2.05, 4.69) is 32.7 Å². The maximum atomic E-state index is 11.8. The number of carbonyl (C=O) groups is 1. The normalized spacial score (nSPS) is 20.2. The number of carbonyl (C=O) groups excluding carboxylic acids is 1. The van der Waals surface area contributed by atoms with Crippen molar-refractivity contribution < 1.29 is 4.79 Å². The molecule has 0 bridgehead atoms. The summed E-state index contributed by atoms with van der Waals surface area (Å²) in [7, 11) is 0. The van der Waals surface area contributed by atoms with Crippen molar-refractivity contribution in [3.8, 4) is 0 Å². The van der Waals surface area contributed by atoms with Crippen LogP contribution < -0.4 is 11.1 Å².